The van der Waals surface area contributed by atoms with Gasteiger partial charge in [-0.2, -0.15) is 0 Å². The lowest BCUT2D eigenvalue weighted by atomic mass is 9.38. The molecule has 2 bridgehead atoms. The maximum atomic E-state index is 11.1. The highest BCUT2D eigenvalue weighted by Gasteiger charge is 2.71. The van der Waals surface area contributed by atoms with Crippen LogP contribution < -0.4 is 0 Å². The summed E-state index contributed by atoms with van der Waals surface area (Å²) in [5.74, 6) is 3.19. The number of ether oxygens (including phenoxy) is 2. The highest BCUT2D eigenvalue weighted by atomic mass is 16.5. The van der Waals surface area contributed by atoms with Crippen molar-refractivity contribution in [2.45, 2.75) is 162 Å². The van der Waals surface area contributed by atoms with E-state index in [9.17, 15) is 5.11 Å². The molecule has 7 aliphatic rings. The monoisotopic (exact) mass is 500 g/mol. The van der Waals surface area contributed by atoms with Crippen LogP contribution in [0, 0.1) is 45.3 Å². The van der Waals surface area contributed by atoms with Crippen LogP contribution in [0.4, 0.5) is 0 Å². The van der Waals surface area contributed by atoms with Crippen LogP contribution in [0.15, 0.2) is 0 Å². The molecule has 36 heavy (non-hydrogen) atoms. The van der Waals surface area contributed by atoms with Crippen molar-refractivity contribution in [1.82, 2.24) is 0 Å². The average Bonchev–Trinajstić information content (AvgIpc) is 2.83. The summed E-state index contributed by atoms with van der Waals surface area (Å²) in [5, 5.41) is 11.1. The van der Waals surface area contributed by atoms with Gasteiger partial charge in [0.05, 0.1) is 30.0 Å². The Morgan fingerprint density at radius 3 is 2.33 bits per heavy atom. The molecule has 0 radical (unpaired) electrons. The summed E-state index contributed by atoms with van der Waals surface area (Å²) < 4.78 is 13.2. The average molecular weight is 501 g/mol. The molecule has 6 saturated carbocycles. The van der Waals surface area contributed by atoms with Gasteiger partial charge in [-0.3, -0.25) is 0 Å². The molecular formula is C33H56O3. The van der Waals surface area contributed by atoms with Crippen molar-refractivity contribution >= 4 is 0 Å². The number of hydrogen-bond acceptors (Lipinski definition) is 3. The van der Waals surface area contributed by atoms with Gasteiger partial charge < -0.3 is 14.6 Å². The van der Waals surface area contributed by atoms with E-state index in [1.165, 1.54) is 70.6 Å². The second-order valence-electron chi connectivity index (χ2n) is 16.5. The van der Waals surface area contributed by atoms with E-state index in [-0.39, 0.29) is 23.2 Å². The van der Waals surface area contributed by atoms with Crippen molar-refractivity contribution in [3.8, 4) is 0 Å². The van der Waals surface area contributed by atoms with E-state index < -0.39 is 0 Å². The molecule has 1 heterocycles. The van der Waals surface area contributed by atoms with Gasteiger partial charge in [0.1, 0.15) is 0 Å². The second kappa shape index (κ2) is 8.44. The smallest absolute Gasteiger partial charge is 0.0654 e. The molecule has 3 heteroatoms. The lowest BCUT2D eigenvalue weighted by Gasteiger charge is -2.66. The molecule has 3 nitrogen and oxygen atoms in total. The van der Waals surface area contributed by atoms with E-state index in [2.05, 4.69) is 48.5 Å². The number of aliphatic hydroxyl groups excluding tert-OH is 1. The molecule has 0 aromatic rings. The molecule has 8 atom stereocenters. The molecule has 0 aromatic carbocycles. The van der Waals surface area contributed by atoms with Crippen LogP contribution >= 0.6 is 0 Å². The molecule has 1 saturated heterocycles. The van der Waals surface area contributed by atoms with Crippen molar-refractivity contribution in [3.05, 3.63) is 0 Å². The molecule has 0 aromatic heterocycles. The molecule has 7 fully saturated rings. The first-order valence-electron chi connectivity index (χ1n) is 15.8. The van der Waals surface area contributed by atoms with E-state index in [1.807, 2.05) is 0 Å². The Hall–Kier alpha value is -0.120. The topological polar surface area (TPSA) is 38.7 Å². The molecule has 0 amide bonds. The van der Waals surface area contributed by atoms with Crippen LogP contribution in [0.1, 0.15) is 132 Å². The minimum absolute atomic E-state index is 0.0692. The summed E-state index contributed by atoms with van der Waals surface area (Å²) in [6.07, 6.45) is 18.1. The van der Waals surface area contributed by atoms with E-state index in [0.717, 1.165) is 30.6 Å². The molecule has 6 aliphatic carbocycles. The van der Waals surface area contributed by atoms with Crippen LogP contribution in [0.3, 0.4) is 0 Å². The Kier molecular flexibility index (Phi) is 6.12. The number of fused-ring (bicyclic) bond motifs is 4. The van der Waals surface area contributed by atoms with Crippen LogP contribution in [-0.4, -0.2) is 35.1 Å². The van der Waals surface area contributed by atoms with Crippen molar-refractivity contribution in [3.63, 3.8) is 0 Å². The fraction of sp³-hybridized carbons (Fsp3) is 1.00. The van der Waals surface area contributed by atoms with Crippen LogP contribution in [-0.2, 0) is 9.47 Å². The van der Waals surface area contributed by atoms with E-state index >= 15 is 0 Å². The first-order valence-corrected chi connectivity index (χ1v) is 15.8. The van der Waals surface area contributed by atoms with Crippen molar-refractivity contribution in [1.29, 1.82) is 0 Å². The third kappa shape index (κ3) is 3.82. The van der Waals surface area contributed by atoms with Crippen molar-refractivity contribution in [2.75, 3.05) is 0 Å². The van der Waals surface area contributed by atoms with Gasteiger partial charge in [-0.05, 0) is 144 Å². The van der Waals surface area contributed by atoms with E-state index in [1.54, 1.807) is 0 Å². The largest absolute Gasteiger partial charge is 0.393 e. The summed E-state index contributed by atoms with van der Waals surface area (Å²) in [7, 11) is 0. The van der Waals surface area contributed by atoms with Crippen LogP contribution in [0.2, 0.25) is 0 Å². The summed E-state index contributed by atoms with van der Waals surface area (Å²) in [6, 6.07) is 0. The van der Waals surface area contributed by atoms with Gasteiger partial charge in [0.2, 0.25) is 0 Å². The number of rotatable bonds is 4. The molecule has 2 spiro atoms. The maximum absolute atomic E-state index is 11.1. The number of aliphatic hydroxyl groups is 1. The lowest BCUT2D eigenvalue weighted by molar-refractivity contribution is -0.178. The predicted octanol–water partition coefficient (Wildman–Crippen LogP) is 7.93. The highest BCUT2D eigenvalue weighted by molar-refractivity contribution is 5.20. The predicted molar refractivity (Wildman–Crippen MR) is 146 cm³/mol. The van der Waals surface area contributed by atoms with Gasteiger partial charge in [0.25, 0.3) is 0 Å². The van der Waals surface area contributed by atoms with Gasteiger partial charge in [-0.1, -0.05) is 27.2 Å². The lowest BCUT2D eigenvalue weighted by Crippen LogP contribution is -2.58. The minimum atomic E-state index is -0.118. The van der Waals surface area contributed by atoms with Gasteiger partial charge in [-0.15, -0.1) is 0 Å². The Labute approximate surface area is 221 Å². The zero-order valence-electron chi connectivity index (χ0n) is 24.6. The summed E-state index contributed by atoms with van der Waals surface area (Å²) in [6.45, 7) is 16.3. The first kappa shape index (κ1) is 26.1. The maximum Gasteiger partial charge on any atom is 0.0654 e. The Bertz CT molecular complexity index is 838. The summed E-state index contributed by atoms with van der Waals surface area (Å²) in [5.41, 5.74) is 1.56. The SMILES string of the molecule is CC(C)OC(C)(C)CC1CCC2C(CC3C4CCC5C6(CCCC(O)C5(C)C)CC4(CCC23C)C6)O1. The summed E-state index contributed by atoms with van der Waals surface area (Å²) in [4.78, 5) is 0. The first-order chi connectivity index (χ1) is 16.8. The molecule has 1 aliphatic heterocycles. The molecule has 7 rings (SSSR count). The second-order valence-corrected chi connectivity index (χ2v) is 16.5. The third-order valence-corrected chi connectivity index (χ3v) is 13.3. The van der Waals surface area contributed by atoms with Gasteiger partial charge in [0.15, 0.2) is 0 Å². The molecular weight excluding hydrogens is 444 g/mol. The number of hydrogen-bond donors (Lipinski definition) is 1. The Morgan fingerprint density at radius 1 is 0.889 bits per heavy atom. The zero-order chi connectivity index (χ0) is 25.7. The fourth-order valence-corrected chi connectivity index (χ4v) is 12.2. The highest BCUT2D eigenvalue weighted by Crippen LogP contribution is 2.78. The van der Waals surface area contributed by atoms with E-state index in [0.29, 0.717) is 34.4 Å². The fourth-order valence-electron chi connectivity index (χ4n) is 12.2. The molecule has 8 unspecified atom stereocenters. The Balaban J connectivity index is 1.21. The normalized spacial score (nSPS) is 51.8. The minimum Gasteiger partial charge on any atom is -0.393 e. The van der Waals surface area contributed by atoms with Crippen LogP contribution in [0.5, 0.6) is 0 Å². The molecule has 206 valence electrons. The van der Waals surface area contributed by atoms with Crippen molar-refractivity contribution < 1.29 is 14.6 Å². The quantitative estimate of drug-likeness (QED) is 0.426. The molecule has 1 N–H and O–H groups in total. The van der Waals surface area contributed by atoms with Crippen LogP contribution in [0.25, 0.3) is 0 Å². The summed E-state index contributed by atoms with van der Waals surface area (Å²) >= 11 is 0. The zero-order valence-corrected chi connectivity index (χ0v) is 24.6. The Morgan fingerprint density at radius 2 is 1.61 bits per heavy atom. The van der Waals surface area contributed by atoms with Gasteiger partial charge in [0, 0.05) is 6.42 Å². The van der Waals surface area contributed by atoms with Gasteiger partial charge in [-0.25, -0.2) is 0 Å². The third-order valence-electron chi connectivity index (χ3n) is 13.3. The standard InChI is InChI=1S/C33H56O3/c1-21(2)36-29(3,4)18-22-10-11-24-26(35-22)17-25-23-12-13-27-30(5,6)28(34)9-8-14-33(27)19-32(23,20-33)16-15-31(24,25)7/h21-28,34H,8-20H2,1-7H3. The van der Waals surface area contributed by atoms with E-state index in [4.69, 9.17) is 9.47 Å². The van der Waals surface area contributed by atoms with Gasteiger partial charge >= 0.3 is 0 Å². The van der Waals surface area contributed by atoms with Crippen molar-refractivity contribution in [2.24, 2.45) is 45.3 Å².